The Morgan fingerprint density at radius 3 is 2.53 bits per heavy atom. The SMILES string of the molecule is N=C(N)NC(=N)NCCc1ccc(Cl)c(Cl)c1. The van der Waals surface area contributed by atoms with Crippen LogP contribution < -0.4 is 16.4 Å². The molecule has 6 N–H and O–H groups in total. The molecule has 1 rings (SSSR count). The molecule has 1 aromatic rings. The molecule has 92 valence electrons. The first-order valence-corrected chi connectivity index (χ1v) is 5.62. The van der Waals surface area contributed by atoms with E-state index in [0.717, 1.165) is 5.56 Å². The van der Waals surface area contributed by atoms with Crippen molar-refractivity contribution in [2.24, 2.45) is 5.73 Å². The second-order valence-corrected chi connectivity index (χ2v) is 4.15. The highest BCUT2D eigenvalue weighted by atomic mass is 35.5. The van der Waals surface area contributed by atoms with Gasteiger partial charge in [-0.1, -0.05) is 29.3 Å². The van der Waals surface area contributed by atoms with E-state index in [2.05, 4.69) is 10.6 Å². The van der Waals surface area contributed by atoms with Gasteiger partial charge in [-0.15, -0.1) is 0 Å². The van der Waals surface area contributed by atoms with Crippen LogP contribution in [0.4, 0.5) is 0 Å². The summed E-state index contributed by atoms with van der Waals surface area (Å²) in [6.07, 6.45) is 0.693. The molecule has 0 bridgehead atoms. The molecule has 0 amide bonds. The van der Waals surface area contributed by atoms with Crippen molar-refractivity contribution in [2.45, 2.75) is 6.42 Å². The minimum atomic E-state index is -0.267. The number of nitrogens with two attached hydrogens (primary N) is 1. The largest absolute Gasteiger partial charge is 0.370 e. The van der Waals surface area contributed by atoms with Crippen molar-refractivity contribution in [3.05, 3.63) is 33.8 Å². The molecule has 17 heavy (non-hydrogen) atoms. The number of hydrogen-bond donors (Lipinski definition) is 5. The van der Waals surface area contributed by atoms with Crippen molar-refractivity contribution in [1.82, 2.24) is 10.6 Å². The highest BCUT2D eigenvalue weighted by Gasteiger charge is 2.00. The maximum absolute atomic E-state index is 7.37. The number of hydrogen-bond acceptors (Lipinski definition) is 2. The summed E-state index contributed by atoms with van der Waals surface area (Å²) in [6, 6.07) is 5.39. The van der Waals surface area contributed by atoms with Gasteiger partial charge in [0.25, 0.3) is 0 Å². The third-order valence-electron chi connectivity index (χ3n) is 1.96. The Hall–Kier alpha value is -1.46. The molecular formula is C10H13Cl2N5. The summed E-state index contributed by atoms with van der Waals surface area (Å²) in [5.74, 6) is -0.269. The van der Waals surface area contributed by atoms with Crippen LogP contribution in [-0.2, 0) is 6.42 Å². The van der Waals surface area contributed by atoms with Gasteiger partial charge in [-0.05, 0) is 24.1 Å². The minimum absolute atomic E-state index is 0.00226. The predicted molar refractivity (Wildman–Crippen MR) is 70.9 cm³/mol. The molecule has 0 aliphatic rings. The fourth-order valence-corrected chi connectivity index (χ4v) is 1.53. The first kappa shape index (κ1) is 13.6. The smallest absolute Gasteiger partial charge is 0.195 e. The fraction of sp³-hybridized carbons (Fsp3) is 0.200. The van der Waals surface area contributed by atoms with E-state index in [9.17, 15) is 0 Å². The Balaban J connectivity index is 2.38. The van der Waals surface area contributed by atoms with E-state index in [1.165, 1.54) is 0 Å². The van der Waals surface area contributed by atoms with Crippen molar-refractivity contribution in [3.8, 4) is 0 Å². The predicted octanol–water partition coefficient (Wildman–Crippen LogP) is 1.54. The molecule has 0 heterocycles. The molecule has 0 fully saturated rings. The topological polar surface area (TPSA) is 97.8 Å². The summed E-state index contributed by atoms with van der Waals surface area (Å²) in [4.78, 5) is 0. The first-order chi connectivity index (χ1) is 7.99. The molecule has 1 aromatic carbocycles. The lowest BCUT2D eigenvalue weighted by atomic mass is 10.1. The molecule has 0 aromatic heterocycles. The van der Waals surface area contributed by atoms with Crippen LogP contribution in [0.3, 0.4) is 0 Å². The highest BCUT2D eigenvalue weighted by molar-refractivity contribution is 6.42. The Morgan fingerprint density at radius 2 is 1.94 bits per heavy atom. The molecule has 5 nitrogen and oxygen atoms in total. The number of halogens is 2. The van der Waals surface area contributed by atoms with E-state index in [1.54, 1.807) is 12.1 Å². The van der Waals surface area contributed by atoms with Gasteiger partial charge in [0.2, 0.25) is 0 Å². The first-order valence-electron chi connectivity index (χ1n) is 4.86. The van der Waals surface area contributed by atoms with Crippen LogP contribution in [0.15, 0.2) is 18.2 Å². The number of rotatable bonds is 3. The van der Waals surface area contributed by atoms with Crippen LogP contribution in [-0.4, -0.2) is 18.5 Å². The summed E-state index contributed by atoms with van der Waals surface area (Å²) in [5.41, 5.74) is 6.09. The van der Waals surface area contributed by atoms with E-state index in [4.69, 9.17) is 39.8 Å². The zero-order valence-electron chi connectivity index (χ0n) is 8.98. The van der Waals surface area contributed by atoms with E-state index in [1.807, 2.05) is 6.07 Å². The second-order valence-electron chi connectivity index (χ2n) is 3.34. The summed E-state index contributed by atoms with van der Waals surface area (Å²) < 4.78 is 0. The van der Waals surface area contributed by atoms with Crippen molar-refractivity contribution >= 4 is 35.1 Å². The monoisotopic (exact) mass is 273 g/mol. The average molecular weight is 274 g/mol. The lowest BCUT2D eigenvalue weighted by molar-refractivity contribution is 0.841. The van der Waals surface area contributed by atoms with Crippen LogP contribution in [0, 0.1) is 10.8 Å². The van der Waals surface area contributed by atoms with Crippen LogP contribution in [0.5, 0.6) is 0 Å². The molecule has 0 aliphatic heterocycles. The van der Waals surface area contributed by atoms with Gasteiger partial charge in [0.1, 0.15) is 0 Å². The van der Waals surface area contributed by atoms with E-state index < -0.39 is 0 Å². The van der Waals surface area contributed by atoms with Gasteiger partial charge in [-0.25, -0.2) is 0 Å². The molecule has 0 unspecified atom stereocenters. The summed E-state index contributed by atoms with van der Waals surface area (Å²) >= 11 is 11.7. The quantitative estimate of drug-likeness (QED) is 0.427. The van der Waals surface area contributed by atoms with E-state index in [-0.39, 0.29) is 11.9 Å². The summed E-state index contributed by atoms with van der Waals surface area (Å²) in [7, 11) is 0. The molecule has 0 radical (unpaired) electrons. The molecular weight excluding hydrogens is 261 g/mol. The van der Waals surface area contributed by atoms with E-state index >= 15 is 0 Å². The summed E-state index contributed by atoms with van der Waals surface area (Å²) in [5, 5.41) is 20.4. The normalized spacial score (nSPS) is 9.76. The summed E-state index contributed by atoms with van der Waals surface area (Å²) in [6.45, 7) is 0.539. The Bertz CT molecular complexity index is 433. The van der Waals surface area contributed by atoms with E-state index in [0.29, 0.717) is 23.0 Å². The Kier molecular flexibility index (Phi) is 5.06. The second kappa shape index (κ2) is 6.32. The average Bonchev–Trinajstić information content (AvgIpc) is 2.22. The molecule has 7 heteroatoms. The van der Waals surface area contributed by atoms with Crippen molar-refractivity contribution < 1.29 is 0 Å². The van der Waals surface area contributed by atoms with Crippen molar-refractivity contribution in [2.75, 3.05) is 6.54 Å². The maximum atomic E-state index is 7.37. The number of guanidine groups is 2. The third-order valence-corrected chi connectivity index (χ3v) is 2.70. The van der Waals surface area contributed by atoms with Gasteiger partial charge in [0, 0.05) is 6.54 Å². The van der Waals surface area contributed by atoms with Crippen LogP contribution in [0.2, 0.25) is 10.0 Å². The lowest BCUT2D eigenvalue weighted by Crippen LogP contribution is -2.43. The molecule has 0 aliphatic carbocycles. The van der Waals surface area contributed by atoms with Gasteiger partial charge < -0.3 is 11.1 Å². The van der Waals surface area contributed by atoms with Gasteiger partial charge in [0.15, 0.2) is 11.9 Å². The zero-order chi connectivity index (χ0) is 12.8. The van der Waals surface area contributed by atoms with Crippen LogP contribution in [0.1, 0.15) is 5.56 Å². The number of benzene rings is 1. The van der Waals surface area contributed by atoms with Crippen LogP contribution >= 0.6 is 23.2 Å². The standard InChI is InChI=1S/C10H13Cl2N5/c11-7-2-1-6(5-8(7)12)3-4-16-10(15)17-9(13)14/h1-2,5H,3-4H2,(H6,13,14,15,16,17). The number of nitrogens with one attached hydrogen (secondary N) is 4. The Labute approximate surface area is 109 Å². The van der Waals surface area contributed by atoms with Gasteiger partial charge in [-0.2, -0.15) is 0 Å². The van der Waals surface area contributed by atoms with Gasteiger partial charge in [-0.3, -0.25) is 16.1 Å². The molecule has 0 saturated heterocycles. The van der Waals surface area contributed by atoms with Crippen molar-refractivity contribution in [1.29, 1.82) is 10.8 Å². The van der Waals surface area contributed by atoms with Crippen molar-refractivity contribution in [3.63, 3.8) is 0 Å². The van der Waals surface area contributed by atoms with Gasteiger partial charge >= 0.3 is 0 Å². The third kappa shape index (κ3) is 4.93. The maximum Gasteiger partial charge on any atom is 0.195 e. The fourth-order valence-electron chi connectivity index (χ4n) is 1.21. The zero-order valence-corrected chi connectivity index (χ0v) is 10.5. The van der Waals surface area contributed by atoms with Gasteiger partial charge in [0.05, 0.1) is 10.0 Å². The molecule has 0 spiro atoms. The minimum Gasteiger partial charge on any atom is -0.370 e. The highest BCUT2D eigenvalue weighted by Crippen LogP contribution is 2.22. The molecule has 0 saturated carbocycles. The molecule has 0 atom stereocenters. The Morgan fingerprint density at radius 1 is 1.24 bits per heavy atom. The lowest BCUT2D eigenvalue weighted by Gasteiger charge is -2.09. The van der Waals surface area contributed by atoms with Crippen LogP contribution in [0.25, 0.3) is 0 Å².